The molecule has 0 radical (unpaired) electrons. The van der Waals surface area contributed by atoms with Crippen LogP contribution in [-0.4, -0.2) is 24.9 Å². The molecule has 2 N–H and O–H groups in total. The number of rotatable bonds is 7. The smallest absolute Gasteiger partial charge is 0.176 e. The highest BCUT2D eigenvalue weighted by atomic mass is 16.5. The number of hydrogen-bond donors (Lipinski definition) is 2. The number of furan rings is 1. The Kier molecular flexibility index (Phi) is 5.26. The molecule has 0 saturated carbocycles. The highest BCUT2D eigenvalue weighted by Gasteiger charge is 2.15. The van der Waals surface area contributed by atoms with Gasteiger partial charge in [0.25, 0.3) is 0 Å². The van der Waals surface area contributed by atoms with Crippen molar-refractivity contribution in [3.05, 3.63) is 30.0 Å². The molecule has 0 spiro atoms. The predicted molar refractivity (Wildman–Crippen MR) is 84.6 cm³/mol. The van der Waals surface area contributed by atoms with Gasteiger partial charge in [-0.25, -0.2) is 0 Å². The number of nitrogens with one attached hydrogen (secondary N) is 1. The van der Waals surface area contributed by atoms with Gasteiger partial charge in [-0.05, 0) is 37.9 Å². The van der Waals surface area contributed by atoms with E-state index < -0.39 is 0 Å². The van der Waals surface area contributed by atoms with E-state index in [0.717, 1.165) is 35.4 Å². The molecule has 4 nitrogen and oxygen atoms in total. The third kappa shape index (κ3) is 3.77. The quantitative estimate of drug-likeness (QED) is 0.820. The maximum atomic E-state index is 9.81. The van der Waals surface area contributed by atoms with Gasteiger partial charge in [-0.2, -0.15) is 0 Å². The third-order valence-corrected chi connectivity index (χ3v) is 3.83. The Hall–Kier alpha value is -1.52. The van der Waals surface area contributed by atoms with Crippen molar-refractivity contribution in [2.24, 2.45) is 5.92 Å². The van der Waals surface area contributed by atoms with Gasteiger partial charge in [0.2, 0.25) is 0 Å². The fourth-order valence-corrected chi connectivity index (χ4v) is 2.31. The van der Waals surface area contributed by atoms with E-state index in [4.69, 9.17) is 9.15 Å². The van der Waals surface area contributed by atoms with Gasteiger partial charge in [0.05, 0.1) is 19.3 Å². The molecular weight excluding hydrogens is 266 g/mol. The van der Waals surface area contributed by atoms with Crippen molar-refractivity contribution in [2.75, 3.05) is 13.7 Å². The van der Waals surface area contributed by atoms with Crippen LogP contribution in [-0.2, 0) is 0 Å². The Morgan fingerprint density at radius 3 is 2.71 bits per heavy atom. The summed E-state index contributed by atoms with van der Waals surface area (Å²) >= 11 is 0. The monoisotopic (exact) mass is 291 g/mol. The fraction of sp³-hybridized carbons (Fsp3) is 0.529. The molecule has 2 aromatic rings. The molecule has 0 aliphatic rings. The van der Waals surface area contributed by atoms with Crippen LogP contribution in [0.4, 0.5) is 0 Å². The summed E-state index contributed by atoms with van der Waals surface area (Å²) in [6.45, 7) is 6.87. The zero-order valence-electron chi connectivity index (χ0n) is 13.2. The second-order valence-electron chi connectivity index (χ2n) is 5.80. The van der Waals surface area contributed by atoms with E-state index in [1.54, 1.807) is 7.11 Å². The highest BCUT2D eigenvalue weighted by Crippen LogP contribution is 2.30. The minimum atomic E-state index is -0.263. The van der Waals surface area contributed by atoms with Gasteiger partial charge < -0.3 is 19.6 Å². The van der Waals surface area contributed by atoms with Gasteiger partial charge >= 0.3 is 0 Å². The molecule has 1 aromatic carbocycles. The Balaban J connectivity index is 2.01. The van der Waals surface area contributed by atoms with Crippen LogP contribution in [0, 0.1) is 5.92 Å². The van der Waals surface area contributed by atoms with Crippen molar-refractivity contribution in [1.82, 2.24) is 5.32 Å². The van der Waals surface area contributed by atoms with Crippen molar-refractivity contribution in [1.29, 1.82) is 0 Å². The lowest BCUT2D eigenvalue weighted by atomic mass is 10.0. The van der Waals surface area contributed by atoms with E-state index in [0.29, 0.717) is 0 Å². The second-order valence-corrected chi connectivity index (χ2v) is 5.80. The maximum absolute atomic E-state index is 9.81. The molecule has 0 amide bonds. The first-order valence-corrected chi connectivity index (χ1v) is 7.50. The summed E-state index contributed by atoms with van der Waals surface area (Å²) in [6, 6.07) is 8.00. The lowest BCUT2D eigenvalue weighted by molar-refractivity contribution is 0.115. The standard InChI is InChI=1S/C17H25NO3/c1-11(2)14(19)8-9-18-12(3)16-10-13-6-5-7-15(20-4)17(13)21-16/h5-7,10-12,14,18-19H,8-9H2,1-4H3. The molecule has 2 unspecified atom stereocenters. The largest absolute Gasteiger partial charge is 0.493 e. The van der Waals surface area contributed by atoms with Crippen molar-refractivity contribution in [3.63, 3.8) is 0 Å². The number of aliphatic hydroxyl groups is 1. The van der Waals surface area contributed by atoms with Crippen molar-refractivity contribution in [3.8, 4) is 5.75 Å². The Morgan fingerprint density at radius 1 is 1.29 bits per heavy atom. The molecule has 0 saturated heterocycles. The number of ether oxygens (including phenoxy) is 1. The topological polar surface area (TPSA) is 54.6 Å². The third-order valence-electron chi connectivity index (χ3n) is 3.83. The number of para-hydroxylation sites is 1. The van der Waals surface area contributed by atoms with E-state index in [1.807, 2.05) is 38.1 Å². The van der Waals surface area contributed by atoms with Crippen LogP contribution < -0.4 is 10.1 Å². The summed E-state index contributed by atoms with van der Waals surface area (Å²) in [5, 5.41) is 14.2. The van der Waals surface area contributed by atoms with Crippen molar-refractivity contribution < 1.29 is 14.3 Å². The molecule has 21 heavy (non-hydrogen) atoms. The Morgan fingerprint density at radius 2 is 2.05 bits per heavy atom. The van der Waals surface area contributed by atoms with E-state index in [1.165, 1.54) is 0 Å². The van der Waals surface area contributed by atoms with Crippen LogP contribution in [0.2, 0.25) is 0 Å². The summed E-state index contributed by atoms with van der Waals surface area (Å²) in [5.74, 6) is 1.92. The zero-order chi connectivity index (χ0) is 15.4. The van der Waals surface area contributed by atoms with E-state index in [9.17, 15) is 5.11 Å². The number of fused-ring (bicyclic) bond motifs is 1. The summed E-state index contributed by atoms with van der Waals surface area (Å²) in [4.78, 5) is 0. The van der Waals surface area contributed by atoms with Crippen LogP contribution in [0.15, 0.2) is 28.7 Å². The number of benzene rings is 1. The van der Waals surface area contributed by atoms with Gasteiger partial charge in [-0.1, -0.05) is 26.0 Å². The van der Waals surface area contributed by atoms with E-state index >= 15 is 0 Å². The van der Waals surface area contributed by atoms with E-state index in [2.05, 4.69) is 12.2 Å². The molecular formula is C17H25NO3. The van der Waals surface area contributed by atoms with Crippen molar-refractivity contribution >= 4 is 11.0 Å². The average molecular weight is 291 g/mol. The van der Waals surface area contributed by atoms with Crippen LogP contribution in [0.25, 0.3) is 11.0 Å². The molecule has 1 heterocycles. The molecule has 4 heteroatoms. The molecule has 0 aliphatic carbocycles. The predicted octanol–water partition coefficient (Wildman–Crippen LogP) is 3.50. The molecule has 0 bridgehead atoms. The van der Waals surface area contributed by atoms with Crippen LogP contribution >= 0.6 is 0 Å². The lowest BCUT2D eigenvalue weighted by Crippen LogP contribution is -2.25. The highest BCUT2D eigenvalue weighted by molar-refractivity contribution is 5.83. The molecule has 2 atom stereocenters. The second kappa shape index (κ2) is 6.96. The normalized spacial score (nSPS) is 14.6. The summed E-state index contributed by atoms with van der Waals surface area (Å²) in [6.07, 6.45) is 0.478. The molecule has 0 aliphatic heterocycles. The first-order valence-electron chi connectivity index (χ1n) is 7.50. The molecule has 116 valence electrons. The van der Waals surface area contributed by atoms with Gasteiger partial charge in [0, 0.05) is 5.39 Å². The summed E-state index contributed by atoms with van der Waals surface area (Å²) in [7, 11) is 1.64. The first kappa shape index (κ1) is 15.9. The first-order chi connectivity index (χ1) is 10.0. The molecule has 1 aromatic heterocycles. The van der Waals surface area contributed by atoms with Gasteiger partial charge in [0.1, 0.15) is 5.76 Å². The number of aliphatic hydroxyl groups excluding tert-OH is 1. The van der Waals surface area contributed by atoms with Gasteiger partial charge in [-0.3, -0.25) is 0 Å². The van der Waals surface area contributed by atoms with Crippen LogP contribution in [0.1, 0.15) is 39.0 Å². The minimum Gasteiger partial charge on any atom is -0.493 e. The minimum absolute atomic E-state index is 0.0986. The summed E-state index contributed by atoms with van der Waals surface area (Å²) < 4.78 is 11.2. The zero-order valence-corrected chi connectivity index (χ0v) is 13.2. The maximum Gasteiger partial charge on any atom is 0.176 e. The van der Waals surface area contributed by atoms with Gasteiger partial charge in [0.15, 0.2) is 11.3 Å². The van der Waals surface area contributed by atoms with Crippen LogP contribution in [0.5, 0.6) is 5.75 Å². The lowest BCUT2D eigenvalue weighted by Gasteiger charge is -2.16. The number of methoxy groups -OCH3 is 1. The average Bonchev–Trinajstić information content (AvgIpc) is 2.90. The summed E-state index contributed by atoms with van der Waals surface area (Å²) in [5.41, 5.74) is 0.783. The Bertz CT molecular complexity index is 576. The SMILES string of the molecule is COc1cccc2cc(C(C)NCCC(O)C(C)C)oc12. The van der Waals surface area contributed by atoms with E-state index in [-0.39, 0.29) is 18.1 Å². The fourth-order valence-electron chi connectivity index (χ4n) is 2.31. The van der Waals surface area contributed by atoms with Gasteiger partial charge in [-0.15, -0.1) is 0 Å². The number of hydrogen-bond acceptors (Lipinski definition) is 4. The van der Waals surface area contributed by atoms with Crippen LogP contribution in [0.3, 0.4) is 0 Å². The Labute approximate surface area is 126 Å². The molecule has 0 fully saturated rings. The van der Waals surface area contributed by atoms with Crippen molar-refractivity contribution in [2.45, 2.75) is 39.3 Å². The molecule has 2 rings (SSSR count).